The van der Waals surface area contributed by atoms with Crippen LogP contribution in [0.1, 0.15) is 64.7 Å². The monoisotopic (exact) mass is 292 g/mol. The molecule has 0 saturated heterocycles. The number of hydrogen-bond acceptors (Lipinski definition) is 5. The van der Waals surface area contributed by atoms with E-state index in [0.717, 1.165) is 12.5 Å². The summed E-state index contributed by atoms with van der Waals surface area (Å²) in [4.78, 5) is 0. The van der Waals surface area contributed by atoms with Gasteiger partial charge in [0.05, 0.1) is 6.54 Å². The first-order valence-corrected chi connectivity index (χ1v) is 8.45. The third kappa shape index (κ3) is 4.19. The lowest BCUT2D eigenvalue weighted by Crippen LogP contribution is -2.28. The average Bonchev–Trinajstić information content (AvgIpc) is 2.97. The highest BCUT2D eigenvalue weighted by Crippen LogP contribution is 2.43. The molecule has 2 saturated carbocycles. The summed E-state index contributed by atoms with van der Waals surface area (Å²) in [6, 6.07) is 1.25. The van der Waals surface area contributed by atoms with Crippen molar-refractivity contribution in [1.82, 2.24) is 15.5 Å². The van der Waals surface area contributed by atoms with E-state index >= 15 is 0 Å². The first-order valence-electron chi connectivity index (χ1n) is 8.45. The SMILES string of the molecule is CC(C)CC1(CNc2nnc(CNC3CC3)o2)CCCC1. The zero-order valence-electron chi connectivity index (χ0n) is 13.3. The van der Waals surface area contributed by atoms with Crippen LogP contribution < -0.4 is 10.6 Å². The molecule has 0 unspecified atom stereocenters. The van der Waals surface area contributed by atoms with E-state index in [-0.39, 0.29) is 0 Å². The summed E-state index contributed by atoms with van der Waals surface area (Å²) < 4.78 is 5.68. The lowest BCUT2D eigenvalue weighted by molar-refractivity contribution is 0.250. The van der Waals surface area contributed by atoms with E-state index in [0.29, 0.717) is 29.9 Å². The lowest BCUT2D eigenvalue weighted by Gasteiger charge is -2.30. The summed E-state index contributed by atoms with van der Waals surface area (Å²) in [5.41, 5.74) is 0.426. The van der Waals surface area contributed by atoms with Gasteiger partial charge in [-0.3, -0.25) is 0 Å². The molecule has 0 radical (unpaired) electrons. The molecule has 1 heterocycles. The van der Waals surface area contributed by atoms with Gasteiger partial charge in [-0.25, -0.2) is 0 Å². The van der Waals surface area contributed by atoms with Crippen LogP contribution in [0.2, 0.25) is 0 Å². The molecule has 2 aliphatic carbocycles. The Bertz CT molecular complexity index is 447. The second kappa shape index (κ2) is 6.34. The van der Waals surface area contributed by atoms with E-state index < -0.39 is 0 Å². The zero-order chi connectivity index (χ0) is 14.7. The maximum atomic E-state index is 5.68. The van der Waals surface area contributed by atoms with Crippen molar-refractivity contribution < 1.29 is 4.42 Å². The van der Waals surface area contributed by atoms with Gasteiger partial charge in [-0.1, -0.05) is 31.8 Å². The molecule has 2 fully saturated rings. The number of nitrogens with one attached hydrogen (secondary N) is 2. The van der Waals surface area contributed by atoms with Crippen molar-refractivity contribution in [2.75, 3.05) is 11.9 Å². The second-order valence-electron chi connectivity index (χ2n) is 7.31. The van der Waals surface area contributed by atoms with E-state index in [4.69, 9.17) is 4.42 Å². The molecule has 21 heavy (non-hydrogen) atoms. The number of aromatic nitrogens is 2. The summed E-state index contributed by atoms with van der Waals surface area (Å²) in [6.07, 6.45) is 9.19. The van der Waals surface area contributed by atoms with E-state index in [2.05, 4.69) is 34.7 Å². The van der Waals surface area contributed by atoms with Gasteiger partial charge in [-0.05, 0) is 43.4 Å². The van der Waals surface area contributed by atoms with Crippen molar-refractivity contribution in [3.63, 3.8) is 0 Å². The minimum Gasteiger partial charge on any atom is -0.407 e. The minimum atomic E-state index is 0.426. The van der Waals surface area contributed by atoms with Gasteiger partial charge in [-0.2, -0.15) is 0 Å². The van der Waals surface area contributed by atoms with Crippen LogP contribution in [0.4, 0.5) is 6.01 Å². The number of hydrogen-bond donors (Lipinski definition) is 2. The molecule has 118 valence electrons. The third-order valence-corrected chi connectivity index (χ3v) is 4.71. The van der Waals surface area contributed by atoms with Gasteiger partial charge in [0.1, 0.15) is 0 Å². The molecule has 3 rings (SSSR count). The molecular formula is C16H28N4O. The van der Waals surface area contributed by atoms with Crippen LogP contribution in [0.25, 0.3) is 0 Å². The molecule has 0 atom stereocenters. The van der Waals surface area contributed by atoms with Gasteiger partial charge in [0, 0.05) is 12.6 Å². The molecule has 0 spiro atoms. The summed E-state index contributed by atoms with van der Waals surface area (Å²) in [6.45, 7) is 6.28. The van der Waals surface area contributed by atoms with Crippen molar-refractivity contribution in [1.29, 1.82) is 0 Å². The van der Waals surface area contributed by atoms with Crippen molar-refractivity contribution in [3.8, 4) is 0 Å². The largest absolute Gasteiger partial charge is 0.407 e. The molecule has 0 amide bonds. The minimum absolute atomic E-state index is 0.426. The Labute approximate surface area is 127 Å². The molecule has 5 nitrogen and oxygen atoms in total. The molecule has 1 aromatic rings. The first-order chi connectivity index (χ1) is 10.2. The van der Waals surface area contributed by atoms with Gasteiger partial charge in [-0.15, -0.1) is 5.10 Å². The van der Waals surface area contributed by atoms with Gasteiger partial charge in [0.25, 0.3) is 0 Å². The van der Waals surface area contributed by atoms with E-state index in [9.17, 15) is 0 Å². The fourth-order valence-corrected chi connectivity index (χ4v) is 3.62. The van der Waals surface area contributed by atoms with Gasteiger partial charge < -0.3 is 15.1 Å². The van der Waals surface area contributed by atoms with Gasteiger partial charge in [0.15, 0.2) is 0 Å². The molecule has 0 aromatic carbocycles. The maximum Gasteiger partial charge on any atom is 0.315 e. The van der Waals surface area contributed by atoms with Crippen LogP contribution >= 0.6 is 0 Å². The smallest absolute Gasteiger partial charge is 0.315 e. The van der Waals surface area contributed by atoms with Gasteiger partial charge >= 0.3 is 6.01 Å². The molecule has 0 bridgehead atoms. The summed E-state index contributed by atoms with van der Waals surface area (Å²) in [5.74, 6) is 1.43. The normalized spacial score (nSPS) is 21.1. The summed E-state index contributed by atoms with van der Waals surface area (Å²) in [5, 5.41) is 15.0. The Morgan fingerprint density at radius 2 is 2.00 bits per heavy atom. The van der Waals surface area contributed by atoms with E-state index in [1.54, 1.807) is 0 Å². The highest BCUT2D eigenvalue weighted by Gasteiger charge is 2.34. The quantitative estimate of drug-likeness (QED) is 0.769. The maximum absolute atomic E-state index is 5.68. The van der Waals surface area contributed by atoms with Crippen LogP contribution in [0.15, 0.2) is 4.42 Å². The highest BCUT2D eigenvalue weighted by molar-refractivity contribution is 5.18. The van der Waals surface area contributed by atoms with Crippen molar-refractivity contribution in [2.24, 2.45) is 11.3 Å². The molecule has 2 N–H and O–H groups in total. The zero-order valence-corrected chi connectivity index (χ0v) is 13.3. The predicted octanol–water partition coefficient (Wildman–Crippen LogP) is 3.34. The molecule has 2 aliphatic rings. The van der Waals surface area contributed by atoms with Crippen LogP contribution in [-0.2, 0) is 6.54 Å². The number of rotatable bonds is 8. The first kappa shape index (κ1) is 14.8. The lowest BCUT2D eigenvalue weighted by atomic mass is 9.78. The fourth-order valence-electron chi connectivity index (χ4n) is 3.62. The molecule has 0 aliphatic heterocycles. The molecular weight excluding hydrogens is 264 g/mol. The Kier molecular flexibility index (Phi) is 4.48. The van der Waals surface area contributed by atoms with Gasteiger partial charge in [0.2, 0.25) is 5.89 Å². The van der Waals surface area contributed by atoms with E-state index in [1.165, 1.54) is 44.9 Å². The highest BCUT2D eigenvalue weighted by atomic mass is 16.4. The van der Waals surface area contributed by atoms with Crippen molar-refractivity contribution in [2.45, 2.75) is 71.4 Å². The van der Waals surface area contributed by atoms with E-state index in [1.807, 2.05) is 0 Å². The number of nitrogens with zero attached hydrogens (tertiary/aromatic N) is 2. The fraction of sp³-hybridized carbons (Fsp3) is 0.875. The Morgan fingerprint density at radius 3 is 2.67 bits per heavy atom. The van der Waals surface area contributed by atoms with Crippen LogP contribution in [0, 0.1) is 11.3 Å². The standard InChI is InChI=1S/C16H28N4O/c1-12(2)9-16(7-3-4-8-16)11-18-15-20-19-14(21-15)10-17-13-5-6-13/h12-13,17H,3-11H2,1-2H3,(H,18,20). The van der Waals surface area contributed by atoms with Crippen LogP contribution in [0.3, 0.4) is 0 Å². The molecule has 5 heteroatoms. The Morgan fingerprint density at radius 1 is 1.24 bits per heavy atom. The predicted molar refractivity (Wildman–Crippen MR) is 83.0 cm³/mol. The molecule has 1 aromatic heterocycles. The Balaban J connectivity index is 1.50. The van der Waals surface area contributed by atoms with Crippen LogP contribution in [0.5, 0.6) is 0 Å². The third-order valence-electron chi connectivity index (χ3n) is 4.71. The van der Waals surface area contributed by atoms with Crippen LogP contribution in [-0.4, -0.2) is 22.8 Å². The number of anilines is 1. The topological polar surface area (TPSA) is 63.0 Å². The van der Waals surface area contributed by atoms with Crippen molar-refractivity contribution in [3.05, 3.63) is 5.89 Å². The Hall–Kier alpha value is -1.10. The average molecular weight is 292 g/mol. The summed E-state index contributed by atoms with van der Waals surface area (Å²) in [7, 11) is 0. The van der Waals surface area contributed by atoms with Crippen molar-refractivity contribution >= 4 is 6.01 Å². The second-order valence-corrected chi connectivity index (χ2v) is 7.31. The summed E-state index contributed by atoms with van der Waals surface area (Å²) >= 11 is 0.